The smallest absolute Gasteiger partial charge is 0.248 e. The first kappa shape index (κ1) is 23.2. The molecule has 3 rings (SSSR count). The molecular formula is C25H27N7O. The topological polar surface area (TPSA) is 130 Å². The predicted octanol–water partition coefficient (Wildman–Crippen LogP) is 3.55. The van der Waals surface area contributed by atoms with E-state index in [0.717, 1.165) is 22.4 Å². The van der Waals surface area contributed by atoms with E-state index < -0.39 is 0 Å². The van der Waals surface area contributed by atoms with Gasteiger partial charge in [-0.2, -0.15) is 5.10 Å². The molecule has 0 heterocycles. The number of nitrogens with zero attached hydrogens (tertiary/aromatic N) is 2. The summed E-state index contributed by atoms with van der Waals surface area (Å²) in [6.45, 7) is 4.01. The van der Waals surface area contributed by atoms with E-state index in [9.17, 15) is 4.79 Å². The van der Waals surface area contributed by atoms with E-state index >= 15 is 0 Å². The second-order valence-electron chi connectivity index (χ2n) is 7.21. The van der Waals surface area contributed by atoms with E-state index in [4.69, 9.17) is 11.6 Å². The van der Waals surface area contributed by atoms with Gasteiger partial charge in [0, 0.05) is 31.4 Å². The summed E-state index contributed by atoms with van der Waals surface area (Å²) < 4.78 is 0. The number of carbonyl (C=O) groups excluding carboxylic acids is 1. The Hall–Kier alpha value is -4.43. The number of amidine groups is 1. The highest BCUT2D eigenvalue weighted by Crippen LogP contribution is 2.17. The second-order valence-corrected chi connectivity index (χ2v) is 7.21. The van der Waals surface area contributed by atoms with E-state index in [2.05, 4.69) is 33.0 Å². The average molecular weight is 442 g/mol. The number of nitrogens with two attached hydrogens (primary N) is 2. The minimum Gasteiger partial charge on any atom is -0.397 e. The van der Waals surface area contributed by atoms with Gasteiger partial charge in [-0.05, 0) is 47.0 Å². The summed E-state index contributed by atoms with van der Waals surface area (Å²) in [5.41, 5.74) is 13.6. The van der Waals surface area contributed by atoms with E-state index in [1.54, 1.807) is 18.2 Å². The Kier molecular flexibility index (Phi) is 8.33. The van der Waals surface area contributed by atoms with Gasteiger partial charge in [-0.3, -0.25) is 4.79 Å². The number of nitrogens with one attached hydrogen (secondary N) is 3. The SMILES string of the molecule is C=N/N=C(/Cc1ccc(NCc2ccc(/C=C/C(=O)Nc3ccccc3N)cc2)cc1)NN. The highest BCUT2D eigenvalue weighted by Gasteiger charge is 2.02. The lowest BCUT2D eigenvalue weighted by molar-refractivity contribution is -0.111. The summed E-state index contributed by atoms with van der Waals surface area (Å²) in [7, 11) is 0. The number of nitrogen functional groups attached to an aromatic ring is 1. The van der Waals surface area contributed by atoms with Gasteiger partial charge in [0.05, 0.1) is 11.4 Å². The predicted molar refractivity (Wildman–Crippen MR) is 137 cm³/mol. The molecule has 3 aromatic rings. The molecule has 33 heavy (non-hydrogen) atoms. The number of hydrogen-bond acceptors (Lipinski definition) is 6. The van der Waals surface area contributed by atoms with Gasteiger partial charge in [0.1, 0.15) is 5.84 Å². The van der Waals surface area contributed by atoms with Crippen LogP contribution in [0, 0.1) is 0 Å². The lowest BCUT2D eigenvalue weighted by atomic mass is 10.1. The fraction of sp³-hybridized carbons (Fsp3) is 0.0800. The summed E-state index contributed by atoms with van der Waals surface area (Å²) in [6.07, 6.45) is 3.80. The van der Waals surface area contributed by atoms with E-state index in [0.29, 0.717) is 30.2 Å². The molecule has 7 N–H and O–H groups in total. The van der Waals surface area contributed by atoms with Crippen molar-refractivity contribution < 1.29 is 4.79 Å². The molecule has 0 aliphatic heterocycles. The average Bonchev–Trinajstić information content (AvgIpc) is 2.84. The van der Waals surface area contributed by atoms with Gasteiger partial charge in [0.15, 0.2) is 0 Å². The van der Waals surface area contributed by atoms with E-state index in [1.165, 1.54) is 6.08 Å². The third kappa shape index (κ3) is 7.34. The highest BCUT2D eigenvalue weighted by atomic mass is 16.1. The van der Waals surface area contributed by atoms with Gasteiger partial charge < -0.3 is 21.8 Å². The van der Waals surface area contributed by atoms with E-state index in [1.807, 2.05) is 60.7 Å². The Morgan fingerprint density at radius 3 is 2.33 bits per heavy atom. The normalized spacial score (nSPS) is 11.2. The first-order valence-electron chi connectivity index (χ1n) is 10.3. The molecule has 0 bridgehead atoms. The first-order chi connectivity index (χ1) is 16.1. The Morgan fingerprint density at radius 2 is 1.67 bits per heavy atom. The summed E-state index contributed by atoms with van der Waals surface area (Å²) in [6, 6.07) is 23.1. The van der Waals surface area contributed by atoms with Crippen LogP contribution in [0.1, 0.15) is 16.7 Å². The molecule has 0 saturated carbocycles. The van der Waals surface area contributed by atoms with Crippen LogP contribution >= 0.6 is 0 Å². The molecule has 0 saturated heterocycles. The lowest BCUT2D eigenvalue weighted by Crippen LogP contribution is -2.31. The van der Waals surface area contributed by atoms with Gasteiger partial charge in [0.25, 0.3) is 0 Å². The fourth-order valence-electron chi connectivity index (χ4n) is 3.04. The maximum atomic E-state index is 12.1. The van der Waals surface area contributed by atoms with Crippen molar-refractivity contribution in [3.63, 3.8) is 0 Å². The van der Waals surface area contributed by atoms with Gasteiger partial charge in [-0.1, -0.05) is 48.5 Å². The van der Waals surface area contributed by atoms with Crippen molar-refractivity contribution in [3.8, 4) is 0 Å². The molecule has 0 aliphatic rings. The van der Waals surface area contributed by atoms with Crippen molar-refractivity contribution in [1.82, 2.24) is 5.43 Å². The fourth-order valence-corrected chi connectivity index (χ4v) is 3.04. The summed E-state index contributed by atoms with van der Waals surface area (Å²) in [5.74, 6) is 5.73. The third-order valence-corrected chi connectivity index (χ3v) is 4.81. The van der Waals surface area contributed by atoms with Crippen LogP contribution in [0.15, 0.2) is 89.1 Å². The number of amides is 1. The van der Waals surface area contributed by atoms with Crippen molar-refractivity contribution in [2.45, 2.75) is 13.0 Å². The van der Waals surface area contributed by atoms with Crippen LogP contribution in [-0.4, -0.2) is 18.5 Å². The molecule has 1 amide bonds. The Balaban J connectivity index is 1.50. The van der Waals surface area contributed by atoms with Crippen molar-refractivity contribution in [2.24, 2.45) is 16.0 Å². The van der Waals surface area contributed by atoms with Gasteiger partial charge in [-0.15, -0.1) is 5.10 Å². The number of hydrogen-bond donors (Lipinski definition) is 5. The number of para-hydroxylation sites is 2. The van der Waals surface area contributed by atoms with Gasteiger partial charge in [0.2, 0.25) is 5.91 Å². The second kappa shape index (κ2) is 11.8. The Bertz CT molecular complexity index is 1140. The summed E-state index contributed by atoms with van der Waals surface area (Å²) >= 11 is 0. The molecule has 8 nitrogen and oxygen atoms in total. The largest absolute Gasteiger partial charge is 0.397 e. The molecule has 0 fully saturated rings. The van der Waals surface area contributed by atoms with Gasteiger partial charge in [-0.25, -0.2) is 5.84 Å². The van der Waals surface area contributed by atoms with Gasteiger partial charge >= 0.3 is 0 Å². The van der Waals surface area contributed by atoms with Crippen molar-refractivity contribution >= 4 is 41.6 Å². The van der Waals surface area contributed by atoms with Crippen LogP contribution in [0.4, 0.5) is 17.1 Å². The monoisotopic (exact) mass is 441 g/mol. The maximum Gasteiger partial charge on any atom is 0.248 e. The van der Waals surface area contributed by atoms with Crippen molar-refractivity contribution in [2.75, 3.05) is 16.4 Å². The zero-order valence-electron chi connectivity index (χ0n) is 18.2. The molecule has 0 radical (unpaired) electrons. The van der Waals surface area contributed by atoms with Crippen LogP contribution in [0.5, 0.6) is 0 Å². The van der Waals surface area contributed by atoms with Crippen LogP contribution in [0.25, 0.3) is 6.08 Å². The highest BCUT2D eigenvalue weighted by molar-refractivity contribution is 6.03. The Labute approximate surface area is 193 Å². The summed E-state index contributed by atoms with van der Waals surface area (Å²) in [4.78, 5) is 12.1. The van der Waals surface area contributed by atoms with Crippen molar-refractivity contribution in [1.29, 1.82) is 0 Å². The Morgan fingerprint density at radius 1 is 0.970 bits per heavy atom. The molecule has 168 valence electrons. The van der Waals surface area contributed by atoms with Crippen LogP contribution < -0.4 is 27.6 Å². The summed E-state index contributed by atoms with van der Waals surface area (Å²) in [5, 5.41) is 13.5. The quantitative estimate of drug-likeness (QED) is 0.0866. The van der Waals surface area contributed by atoms with Crippen molar-refractivity contribution in [3.05, 3.63) is 95.6 Å². The van der Waals surface area contributed by atoms with Crippen LogP contribution in [-0.2, 0) is 17.8 Å². The minimum atomic E-state index is -0.233. The van der Waals surface area contributed by atoms with E-state index in [-0.39, 0.29) is 5.91 Å². The molecule has 0 spiro atoms. The molecule has 8 heteroatoms. The number of carbonyl (C=O) groups is 1. The third-order valence-electron chi connectivity index (χ3n) is 4.81. The zero-order valence-corrected chi connectivity index (χ0v) is 18.2. The lowest BCUT2D eigenvalue weighted by Gasteiger charge is -2.09. The standard InChI is InChI=1S/C25H27N7O/c1-28-32-24(31-27)16-19-10-13-21(14-11-19)29-17-20-8-6-18(7-9-20)12-15-25(33)30-23-5-3-2-4-22(23)26/h2-15,29H,1,16-17,26-27H2,(H,30,33)(H,31,32)/b15-12+. The van der Waals surface area contributed by atoms with Crippen LogP contribution in [0.3, 0.4) is 0 Å². The molecule has 0 aromatic heterocycles. The molecule has 0 unspecified atom stereocenters. The number of rotatable bonds is 9. The zero-order chi connectivity index (χ0) is 23.5. The van der Waals surface area contributed by atoms with Crippen LogP contribution in [0.2, 0.25) is 0 Å². The minimum absolute atomic E-state index is 0.233. The molecule has 0 atom stereocenters. The first-order valence-corrected chi connectivity index (χ1v) is 10.3. The maximum absolute atomic E-state index is 12.1. The number of anilines is 3. The molecule has 3 aromatic carbocycles. The number of benzene rings is 3. The number of hydrazine groups is 1. The molecule has 0 aliphatic carbocycles. The molecular weight excluding hydrogens is 414 g/mol.